The average Bonchev–Trinajstić information content (AvgIpc) is 3.57. The number of likely N-dealkylation sites (tertiary alicyclic amines) is 1. The second kappa shape index (κ2) is 9.13. The van der Waals surface area contributed by atoms with Crippen molar-refractivity contribution >= 4 is 27.6 Å². The number of benzene rings is 1. The molecule has 35 heavy (non-hydrogen) atoms. The van der Waals surface area contributed by atoms with Crippen LogP contribution in [-0.4, -0.2) is 58.0 Å². The molecule has 1 aliphatic rings. The summed E-state index contributed by atoms with van der Waals surface area (Å²) in [6.07, 6.45) is 11.7. The molecule has 0 aliphatic carbocycles. The molecule has 1 aromatic carbocycles. The number of fused-ring (bicyclic) bond motifs is 2. The van der Waals surface area contributed by atoms with Gasteiger partial charge < -0.3 is 19.8 Å². The van der Waals surface area contributed by atoms with Gasteiger partial charge in [-0.05, 0) is 30.4 Å². The van der Waals surface area contributed by atoms with E-state index in [-0.39, 0.29) is 0 Å². The molecule has 1 saturated heterocycles. The molecule has 178 valence electrons. The van der Waals surface area contributed by atoms with Crippen molar-refractivity contribution in [2.24, 2.45) is 0 Å². The van der Waals surface area contributed by atoms with Crippen molar-refractivity contribution in [1.82, 2.24) is 24.6 Å². The molecule has 0 atom stereocenters. The first kappa shape index (κ1) is 21.8. The Morgan fingerprint density at radius 3 is 2.83 bits per heavy atom. The van der Waals surface area contributed by atoms with Crippen molar-refractivity contribution in [3.05, 3.63) is 61.3 Å². The lowest BCUT2D eigenvalue weighted by atomic mass is 10.0. The summed E-state index contributed by atoms with van der Waals surface area (Å²) in [4.78, 5) is 11.1. The normalized spacial score (nSPS) is 15.3. The number of anilines is 1. The summed E-state index contributed by atoms with van der Waals surface area (Å²) < 4.78 is 13.6. The topological polar surface area (TPSA) is 95.2 Å². The van der Waals surface area contributed by atoms with Gasteiger partial charge in [0.15, 0.2) is 11.4 Å². The molecule has 0 radical (unpaired) electrons. The Morgan fingerprint density at radius 1 is 1.09 bits per heavy atom. The number of hydrogen-bond donors (Lipinski definition) is 1. The van der Waals surface area contributed by atoms with Crippen LogP contribution in [0.25, 0.3) is 44.2 Å². The van der Waals surface area contributed by atoms with Crippen LogP contribution >= 0.6 is 0 Å². The molecule has 2 N–H and O–H groups in total. The number of aromatic nitrogens is 4. The molecular formula is C27H28N6O2. The lowest BCUT2D eigenvalue weighted by Gasteiger charge is -2.31. The van der Waals surface area contributed by atoms with Crippen LogP contribution in [0.15, 0.2) is 65.7 Å². The minimum atomic E-state index is 0.382. The van der Waals surface area contributed by atoms with Crippen molar-refractivity contribution in [3.63, 3.8) is 0 Å². The number of nitrogens with two attached hydrogens (primary N) is 1. The molecule has 0 saturated carbocycles. The van der Waals surface area contributed by atoms with Crippen LogP contribution in [0, 0.1) is 0 Å². The van der Waals surface area contributed by atoms with Gasteiger partial charge >= 0.3 is 0 Å². The van der Waals surface area contributed by atoms with Gasteiger partial charge in [0.1, 0.15) is 5.76 Å². The summed E-state index contributed by atoms with van der Waals surface area (Å²) in [6, 6.07) is 10.6. The number of nitrogens with zero attached hydrogens (tertiary/aromatic N) is 5. The molecular weight excluding hydrogens is 440 g/mol. The fraction of sp³-hybridized carbons (Fsp3) is 0.296. The molecule has 1 aliphatic heterocycles. The zero-order valence-electron chi connectivity index (χ0n) is 19.7. The van der Waals surface area contributed by atoms with Crippen LogP contribution in [0.2, 0.25) is 0 Å². The van der Waals surface area contributed by atoms with Crippen molar-refractivity contribution in [3.8, 4) is 22.5 Å². The minimum Gasteiger partial charge on any atom is -0.452 e. The zero-order valence-corrected chi connectivity index (χ0v) is 19.7. The predicted octanol–water partition coefficient (Wildman–Crippen LogP) is 4.77. The van der Waals surface area contributed by atoms with Gasteiger partial charge in [-0.2, -0.15) is 5.10 Å². The molecule has 4 aromatic heterocycles. The van der Waals surface area contributed by atoms with E-state index in [9.17, 15) is 0 Å². The first-order valence-electron chi connectivity index (χ1n) is 12.0. The Morgan fingerprint density at radius 2 is 1.97 bits per heavy atom. The van der Waals surface area contributed by atoms with Crippen LogP contribution in [0.3, 0.4) is 0 Å². The number of piperidine rings is 1. The molecule has 5 aromatic rings. The van der Waals surface area contributed by atoms with Gasteiger partial charge in [0.25, 0.3) is 0 Å². The second-order valence-corrected chi connectivity index (χ2v) is 9.09. The Kier molecular flexibility index (Phi) is 5.67. The SMILES string of the molecule is COCCN1CCC(n2cc(-c3cnc(N)c4oc(-c5cccc6cnccc56)cc34)cn2)CC1. The summed E-state index contributed by atoms with van der Waals surface area (Å²) in [5, 5.41) is 7.80. The summed E-state index contributed by atoms with van der Waals surface area (Å²) in [7, 11) is 1.75. The lowest BCUT2D eigenvalue weighted by molar-refractivity contribution is 0.119. The zero-order chi connectivity index (χ0) is 23.8. The van der Waals surface area contributed by atoms with Crippen LogP contribution in [-0.2, 0) is 4.74 Å². The first-order chi connectivity index (χ1) is 17.2. The van der Waals surface area contributed by atoms with Crippen molar-refractivity contribution in [2.75, 3.05) is 39.1 Å². The monoisotopic (exact) mass is 468 g/mol. The van der Waals surface area contributed by atoms with Gasteiger partial charge in [-0.15, -0.1) is 0 Å². The number of pyridine rings is 2. The molecule has 6 rings (SSSR count). The van der Waals surface area contributed by atoms with E-state index in [1.54, 1.807) is 13.3 Å². The number of ether oxygens (including phenoxy) is 1. The largest absolute Gasteiger partial charge is 0.452 e. The van der Waals surface area contributed by atoms with Gasteiger partial charge in [-0.1, -0.05) is 18.2 Å². The van der Waals surface area contributed by atoms with E-state index in [1.165, 1.54) is 0 Å². The molecule has 0 unspecified atom stereocenters. The highest BCUT2D eigenvalue weighted by atomic mass is 16.5. The Balaban J connectivity index is 1.33. The summed E-state index contributed by atoms with van der Waals surface area (Å²) in [6.45, 7) is 3.88. The Bertz CT molecular complexity index is 1480. The van der Waals surface area contributed by atoms with Gasteiger partial charge in [0.05, 0.1) is 18.8 Å². The number of hydrogen-bond acceptors (Lipinski definition) is 7. The van der Waals surface area contributed by atoms with Gasteiger partial charge in [0, 0.05) is 79.0 Å². The van der Waals surface area contributed by atoms with Gasteiger partial charge in [-0.25, -0.2) is 4.98 Å². The molecule has 0 bridgehead atoms. The van der Waals surface area contributed by atoms with Crippen molar-refractivity contribution < 1.29 is 9.15 Å². The van der Waals surface area contributed by atoms with Crippen molar-refractivity contribution in [2.45, 2.75) is 18.9 Å². The molecule has 5 heterocycles. The number of methoxy groups -OCH3 is 1. The number of rotatable bonds is 6. The van der Waals surface area contributed by atoms with Crippen molar-refractivity contribution in [1.29, 1.82) is 0 Å². The predicted molar refractivity (Wildman–Crippen MR) is 137 cm³/mol. The van der Waals surface area contributed by atoms with E-state index in [0.717, 1.165) is 77.7 Å². The fourth-order valence-corrected chi connectivity index (χ4v) is 5.05. The fourth-order valence-electron chi connectivity index (χ4n) is 5.05. The maximum Gasteiger partial charge on any atom is 0.177 e. The van der Waals surface area contributed by atoms with Crippen LogP contribution in [0.5, 0.6) is 0 Å². The second-order valence-electron chi connectivity index (χ2n) is 9.09. The van der Waals surface area contributed by atoms with E-state index in [0.29, 0.717) is 17.4 Å². The van der Waals surface area contributed by atoms with E-state index in [4.69, 9.17) is 20.0 Å². The highest BCUT2D eigenvalue weighted by molar-refractivity contribution is 6.03. The van der Waals surface area contributed by atoms with Crippen LogP contribution < -0.4 is 5.73 Å². The van der Waals surface area contributed by atoms with Gasteiger partial charge in [0.2, 0.25) is 0 Å². The van der Waals surface area contributed by atoms with E-state index < -0.39 is 0 Å². The summed E-state index contributed by atoms with van der Waals surface area (Å²) >= 11 is 0. The van der Waals surface area contributed by atoms with E-state index >= 15 is 0 Å². The number of nitrogen functional groups attached to an aromatic ring is 1. The molecule has 8 nitrogen and oxygen atoms in total. The Labute approximate surface area is 203 Å². The molecule has 0 spiro atoms. The summed E-state index contributed by atoms with van der Waals surface area (Å²) in [5.74, 6) is 1.14. The maximum atomic E-state index is 6.27. The lowest BCUT2D eigenvalue weighted by Crippen LogP contribution is -2.36. The molecule has 0 amide bonds. The maximum absolute atomic E-state index is 6.27. The highest BCUT2D eigenvalue weighted by Gasteiger charge is 2.22. The van der Waals surface area contributed by atoms with Crippen LogP contribution in [0.1, 0.15) is 18.9 Å². The van der Waals surface area contributed by atoms with E-state index in [1.807, 2.05) is 36.8 Å². The smallest absolute Gasteiger partial charge is 0.177 e. The first-order valence-corrected chi connectivity index (χ1v) is 12.0. The number of furan rings is 1. The molecule has 8 heteroatoms. The third kappa shape index (κ3) is 4.05. The standard InChI is InChI=1S/C27H28N6O2/c1-34-12-11-32-9-6-20(7-10-32)33-17-19(15-31-33)24-16-30-27(28)26-23(24)13-25(35-26)22-4-2-3-18-14-29-8-5-21(18)22/h2-5,8,13-17,20H,6-7,9-12H2,1H3,(H2,28,30). The third-order valence-electron chi connectivity index (χ3n) is 6.99. The molecule has 1 fully saturated rings. The third-order valence-corrected chi connectivity index (χ3v) is 6.99. The minimum absolute atomic E-state index is 0.382. The van der Waals surface area contributed by atoms with E-state index in [2.05, 4.69) is 37.9 Å². The highest BCUT2D eigenvalue weighted by Crippen LogP contribution is 2.38. The summed E-state index contributed by atoms with van der Waals surface area (Å²) in [5.41, 5.74) is 9.81. The van der Waals surface area contributed by atoms with Gasteiger partial charge in [-0.3, -0.25) is 9.67 Å². The quantitative estimate of drug-likeness (QED) is 0.383. The Hall–Kier alpha value is -3.75. The average molecular weight is 469 g/mol. The van der Waals surface area contributed by atoms with Crippen LogP contribution in [0.4, 0.5) is 5.82 Å².